The van der Waals surface area contributed by atoms with Gasteiger partial charge in [0.25, 0.3) is 0 Å². The second-order valence-corrected chi connectivity index (χ2v) is 16.0. The second-order valence-electron chi connectivity index (χ2n) is 16.0. The highest BCUT2D eigenvalue weighted by Crippen LogP contribution is 2.40. The van der Waals surface area contributed by atoms with Crippen LogP contribution in [0.2, 0.25) is 0 Å². The van der Waals surface area contributed by atoms with Gasteiger partial charge in [-0.25, -0.2) is 15.0 Å². The number of pyridine rings is 1. The third-order valence-corrected chi connectivity index (χ3v) is 12.2. The van der Waals surface area contributed by atoms with Gasteiger partial charge >= 0.3 is 0 Å². The lowest BCUT2D eigenvalue weighted by Crippen LogP contribution is -1.98. The summed E-state index contributed by atoms with van der Waals surface area (Å²) in [5, 5.41) is 5.94. The summed E-state index contributed by atoms with van der Waals surface area (Å²) in [6.45, 7) is 0. The van der Waals surface area contributed by atoms with Gasteiger partial charge in [-0.15, -0.1) is 0 Å². The Balaban J connectivity index is 0.966. The summed E-state index contributed by atoms with van der Waals surface area (Å²) in [6.07, 6.45) is 0. The smallest absolute Gasteiger partial charge is 0.160 e. The molecule has 0 aliphatic carbocycles. The van der Waals surface area contributed by atoms with Gasteiger partial charge in [0.2, 0.25) is 0 Å². The highest BCUT2D eigenvalue weighted by molar-refractivity contribution is 6.17. The second kappa shape index (κ2) is 15.2. The molecule has 0 radical (unpaired) electrons. The third-order valence-electron chi connectivity index (χ3n) is 12.2. The van der Waals surface area contributed by atoms with Crippen molar-refractivity contribution < 1.29 is 0 Å². The van der Waals surface area contributed by atoms with Crippen molar-refractivity contribution in [2.75, 3.05) is 0 Å². The van der Waals surface area contributed by atoms with Crippen LogP contribution in [-0.4, -0.2) is 19.5 Å². The zero-order chi connectivity index (χ0) is 41.7. The molecule has 4 nitrogen and oxygen atoms in total. The molecule has 0 saturated carbocycles. The third kappa shape index (κ3) is 6.44. The normalized spacial score (nSPS) is 11.5. The summed E-state index contributed by atoms with van der Waals surface area (Å²) in [7, 11) is 0. The van der Waals surface area contributed by atoms with Crippen LogP contribution in [0.25, 0.3) is 117 Å². The molecule has 0 bridgehead atoms. The van der Waals surface area contributed by atoms with Crippen LogP contribution in [0.5, 0.6) is 0 Å². The molecule has 12 aromatic rings. The van der Waals surface area contributed by atoms with Crippen molar-refractivity contribution in [2.45, 2.75) is 0 Å². The fourth-order valence-corrected chi connectivity index (χ4v) is 9.21. The Bertz CT molecular complexity index is 3600. The van der Waals surface area contributed by atoms with E-state index in [9.17, 15) is 0 Å². The first-order chi connectivity index (χ1) is 31.2. The minimum Gasteiger partial charge on any atom is -0.309 e. The van der Waals surface area contributed by atoms with Gasteiger partial charge in [0.1, 0.15) is 0 Å². The van der Waals surface area contributed by atoms with E-state index in [4.69, 9.17) is 15.0 Å². The summed E-state index contributed by atoms with van der Waals surface area (Å²) in [5.74, 6) is 0.687. The summed E-state index contributed by atoms with van der Waals surface area (Å²) in [4.78, 5) is 15.7. The number of nitrogens with zero attached hydrogens (tertiary/aromatic N) is 4. The molecule has 4 heteroatoms. The van der Waals surface area contributed by atoms with Crippen molar-refractivity contribution in [3.8, 4) is 73.1 Å². The predicted molar refractivity (Wildman–Crippen MR) is 262 cm³/mol. The van der Waals surface area contributed by atoms with E-state index in [2.05, 4.69) is 217 Å². The molecule has 0 saturated heterocycles. The summed E-state index contributed by atoms with van der Waals surface area (Å²) in [5.41, 5.74) is 15.9. The lowest BCUT2D eigenvalue weighted by atomic mass is 9.91. The molecule has 0 amide bonds. The summed E-state index contributed by atoms with van der Waals surface area (Å²) < 4.78 is 2.35. The number of hydrogen-bond donors (Lipinski definition) is 0. The Kier molecular flexibility index (Phi) is 8.79. The molecule has 12 rings (SSSR count). The Morgan fingerprint density at radius 1 is 0.302 bits per heavy atom. The standard InChI is InChI=1S/C59H38N4/c1-4-16-40(17-5-1)47-26-15-27-50-57(47)51-37-44(34-35-52(51)60-58(50)42-18-6-2-7-19-42)39-30-32-41(33-31-39)53-38-54(62-59(61-53)43-20-8-3-9-21-43)45-22-14-23-46(36-45)63-55-28-12-10-24-48(55)49-25-11-13-29-56(49)63/h1-38H. The van der Waals surface area contributed by atoms with Crippen molar-refractivity contribution in [3.05, 3.63) is 231 Å². The first-order valence-corrected chi connectivity index (χ1v) is 21.4. The average Bonchev–Trinajstić information content (AvgIpc) is 3.71. The van der Waals surface area contributed by atoms with E-state index in [1.807, 2.05) is 18.2 Å². The van der Waals surface area contributed by atoms with Gasteiger partial charge in [-0.1, -0.05) is 188 Å². The fourth-order valence-electron chi connectivity index (χ4n) is 9.21. The molecule has 0 N–H and O–H groups in total. The largest absolute Gasteiger partial charge is 0.309 e. The molecule has 0 aliphatic heterocycles. The topological polar surface area (TPSA) is 43.6 Å². The van der Waals surface area contributed by atoms with Crippen LogP contribution in [0.4, 0.5) is 0 Å². The Hall–Kier alpha value is -8.47. The first kappa shape index (κ1) is 36.4. The van der Waals surface area contributed by atoms with Gasteiger partial charge in [-0.3, -0.25) is 0 Å². The van der Waals surface area contributed by atoms with Crippen LogP contribution in [0.15, 0.2) is 231 Å². The van der Waals surface area contributed by atoms with Crippen LogP contribution in [0, 0.1) is 0 Å². The number of para-hydroxylation sites is 2. The van der Waals surface area contributed by atoms with Gasteiger partial charge in [0.05, 0.1) is 33.6 Å². The van der Waals surface area contributed by atoms with E-state index < -0.39 is 0 Å². The quantitative estimate of drug-likeness (QED) is 0.151. The summed E-state index contributed by atoms with van der Waals surface area (Å²) in [6, 6.07) is 81.5. The molecule has 9 aromatic carbocycles. The van der Waals surface area contributed by atoms with E-state index >= 15 is 0 Å². The molecule has 3 heterocycles. The molecular formula is C59H38N4. The van der Waals surface area contributed by atoms with E-state index in [1.54, 1.807) is 0 Å². The number of aromatic nitrogens is 4. The van der Waals surface area contributed by atoms with Crippen LogP contribution in [0.1, 0.15) is 0 Å². The van der Waals surface area contributed by atoms with Crippen LogP contribution in [-0.2, 0) is 0 Å². The molecule has 0 aliphatic rings. The van der Waals surface area contributed by atoms with Crippen molar-refractivity contribution in [1.29, 1.82) is 0 Å². The van der Waals surface area contributed by atoms with E-state index in [0.717, 1.165) is 72.4 Å². The number of benzene rings is 9. The Labute approximate surface area is 365 Å². The highest BCUT2D eigenvalue weighted by Gasteiger charge is 2.17. The van der Waals surface area contributed by atoms with Crippen molar-refractivity contribution in [1.82, 2.24) is 19.5 Å². The van der Waals surface area contributed by atoms with Gasteiger partial charge in [-0.2, -0.15) is 0 Å². The fraction of sp³-hybridized carbons (Fsp3) is 0. The van der Waals surface area contributed by atoms with E-state index in [0.29, 0.717) is 5.82 Å². The maximum absolute atomic E-state index is 5.29. The average molecular weight is 803 g/mol. The van der Waals surface area contributed by atoms with Crippen LogP contribution >= 0.6 is 0 Å². The molecule has 3 aromatic heterocycles. The summed E-state index contributed by atoms with van der Waals surface area (Å²) >= 11 is 0. The zero-order valence-corrected chi connectivity index (χ0v) is 34.2. The molecular weight excluding hydrogens is 765 g/mol. The van der Waals surface area contributed by atoms with Gasteiger partial charge < -0.3 is 4.57 Å². The van der Waals surface area contributed by atoms with Crippen molar-refractivity contribution >= 4 is 43.5 Å². The first-order valence-electron chi connectivity index (χ1n) is 21.4. The SMILES string of the molecule is c1ccc(-c2nc(-c3ccc(-c4ccc5nc(-c6ccccc6)c6cccc(-c7ccccc7)c6c5c4)cc3)cc(-c3cccc(-n4c5ccccc5c5ccccc54)c3)n2)cc1. The lowest BCUT2D eigenvalue weighted by Gasteiger charge is -2.15. The number of fused-ring (bicyclic) bond motifs is 6. The van der Waals surface area contributed by atoms with Crippen LogP contribution in [0.3, 0.4) is 0 Å². The minimum absolute atomic E-state index is 0.687. The molecule has 0 spiro atoms. The molecule has 63 heavy (non-hydrogen) atoms. The predicted octanol–water partition coefficient (Wildman–Crippen LogP) is 15.3. The highest BCUT2D eigenvalue weighted by atomic mass is 15.0. The Morgan fingerprint density at radius 3 is 1.54 bits per heavy atom. The van der Waals surface area contributed by atoms with E-state index in [-0.39, 0.29) is 0 Å². The maximum Gasteiger partial charge on any atom is 0.160 e. The Morgan fingerprint density at radius 2 is 0.841 bits per heavy atom. The van der Waals surface area contributed by atoms with Gasteiger partial charge in [0, 0.05) is 54.9 Å². The molecule has 0 atom stereocenters. The molecule has 294 valence electrons. The van der Waals surface area contributed by atoms with Crippen molar-refractivity contribution in [2.24, 2.45) is 0 Å². The number of hydrogen-bond acceptors (Lipinski definition) is 3. The minimum atomic E-state index is 0.687. The molecule has 0 fully saturated rings. The van der Waals surface area contributed by atoms with E-state index in [1.165, 1.54) is 38.3 Å². The zero-order valence-electron chi connectivity index (χ0n) is 34.2. The van der Waals surface area contributed by atoms with Gasteiger partial charge in [-0.05, 0) is 64.7 Å². The van der Waals surface area contributed by atoms with Crippen LogP contribution < -0.4 is 0 Å². The monoisotopic (exact) mass is 802 g/mol. The maximum atomic E-state index is 5.29. The number of rotatable bonds is 7. The van der Waals surface area contributed by atoms with Crippen molar-refractivity contribution in [3.63, 3.8) is 0 Å². The lowest BCUT2D eigenvalue weighted by molar-refractivity contribution is 1.16. The van der Waals surface area contributed by atoms with Gasteiger partial charge in [0.15, 0.2) is 5.82 Å². The molecule has 0 unspecified atom stereocenters.